The van der Waals surface area contributed by atoms with E-state index in [1.54, 1.807) is 30.5 Å². The third-order valence-electron chi connectivity index (χ3n) is 5.73. The van der Waals surface area contributed by atoms with Gasteiger partial charge in [0.1, 0.15) is 18.7 Å². The van der Waals surface area contributed by atoms with E-state index in [0.717, 1.165) is 35.8 Å². The average molecular weight is 413 g/mol. The first kappa shape index (κ1) is 19.1. The van der Waals surface area contributed by atoms with Gasteiger partial charge >= 0.3 is 5.97 Å². The average Bonchev–Trinajstić information content (AvgIpc) is 3.39. The van der Waals surface area contributed by atoms with E-state index in [-0.39, 0.29) is 31.0 Å². The highest BCUT2D eigenvalue weighted by atomic mass is 16.5. The molecule has 154 valence electrons. The lowest BCUT2D eigenvalue weighted by Gasteiger charge is -2.11. The maximum absolute atomic E-state index is 12.7. The molecule has 2 aromatic heterocycles. The van der Waals surface area contributed by atoms with Crippen molar-refractivity contribution in [2.75, 3.05) is 0 Å². The van der Waals surface area contributed by atoms with Gasteiger partial charge in [0.2, 0.25) is 0 Å². The Bertz CT molecular complexity index is 1420. The molecule has 2 aromatic carbocycles. The lowest BCUT2D eigenvalue weighted by Crippen LogP contribution is -2.26. The van der Waals surface area contributed by atoms with Gasteiger partial charge in [-0.3, -0.25) is 14.2 Å². The van der Waals surface area contributed by atoms with Crippen LogP contribution in [0.1, 0.15) is 28.9 Å². The monoisotopic (exact) mass is 413 g/mol. The predicted molar refractivity (Wildman–Crippen MR) is 113 cm³/mol. The zero-order valence-corrected chi connectivity index (χ0v) is 16.8. The molecule has 0 radical (unpaired) electrons. The van der Waals surface area contributed by atoms with Gasteiger partial charge in [-0.05, 0) is 54.7 Å². The Morgan fingerprint density at radius 2 is 2.00 bits per heavy atom. The summed E-state index contributed by atoms with van der Waals surface area (Å²) in [5.41, 5.74) is 4.35. The van der Waals surface area contributed by atoms with Gasteiger partial charge in [-0.25, -0.2) is 4.98 Å². The molecule has 0 N–H and O–H groups in total. The summed E-state index contributed by atoms with van der Waals surface area (Å²) in [5.74, 6) is -0.206. The van der Waals surface area contributed by atoms with Crippen molar-refractivity contribution in [2.24, 2.45) is 0 Å². The summed E-state index contributed by atoms with van der Waals surface area (Å²) in [6, 6.07) is 13.0. The van der Waals surface area contributed by atoms with Crippen LogP contribution in [0.5, 0.6) is 0 Å². The van der Waals surface area contributed by atoms with Crippen molar-refractivity contribution < 1.29 is 13.9 Å². The molecular weight excluding hydrogens is 394 g/mol. The number of fused-ring (bicyclic) bond motifs is 3. The number of nitriles is 1. The Morgan fingerprint density at radius 3 is 2.84 bits per heavy atom. The summed E-state index contributed by atoms with van der Waals surface area (Å²) in [6.07, 6.45) is 4.90. The lowest BCUT2D eigenvalue weighted by molar-refractivity contribution is -0.144. The van der Waals surface area contributed by atoms with Crippen molar-refractivity contribution in [1.82, 2.24) is 9.55 Å². The third-order valence-corrected chi connectivity index (χ3v) is 5.73. The molecule has 0 aliphatic heterocycles. The van der Waals surface area contributed by atoms with Crippen molar-refractivity contribution >= 4 is 27.8 Å². The highest BCUT2D eigenvalue weighted by Crippen LogP contribution is 2.30. The number of furan rings is 1. The van der Waals surface area contributed by atoms with Crippen LogP contribution in [0.15, 0.2) is 51.9 Å². The van der Waals surface area contributed by atoms with E-state index < -0.39 is 5.97 Å². The molecule has 0 amide bonds. The van der Waals surface area contributed by atoms with E-state index in [1.165, 1.54) is 15.7 Å². The van der Waals surface area contributed by atoms with Crippen molar-refractivity contribution in [3.05, 3.63) is 75.5 Å². The number of hydrogen-bond acceptors (Lipinski definition) is 6. The first-order chi connectivity index (χ1) is 15.1. The van der Waals surface area contributed by atoms with Crippen LogP contribution in [-0.2, 0) is 41.9 Å². The number of aryl methyl sites for hydroxylation is 2. The Morgan fingerprint density at radius 1 is 1.19 bits per heavy atom. The summed E-state index contributed by atoms with van der Waals surface area (Å²) < 4.78 is 12.3. The van der Waals surface area contributed by atoms with Gasteiger partial charge in [0.25, 0.3) is 5.56 Å². The summed E-state index contributed by atoms with van der Waals surface area (Å²) in [5, 5.41) is 10.5. The first-order valence-electron chi connectivity index (χ1n) is 10.2. The lowest BCUT2D eigenvalue weighted by atomic mass is 10.0. The van der Waals surface area contributed by atoms with Gasteiger partial charge in [-0.15, -0.1) is 0 Å². The standard InChI is InChI=1S/C24H19N3O4/c25-8-9-27-22(26-20-7-2-1-6-18(20)24(27)29)14-31-23(28)12-17-13-30-21-11-16-5-3-4-15(16)10-19(17)21/h1-2,6-7,10-11,13H,3-5,9,12,14H2. The van der Waals surface area contributed by atoms with Crippen LogP contribution in [0.4, 0.5) is 0 Å². The van der Waals surface area contributed by atoms with Gasteiger partial charge in [0.05, 0.1) is 29.7 Å². The van der Waals surface area contributed by atoms with Gasteiger partial charge in [-0.2, -0.15) is 5.26 Å². The van der Waals surface area contributed by atoms with E-state index in [4.69, 9.17) is 14.4 Å². The molecule has 0 unspecified atom stereocenters. The summed E-state index contributed by atoms with van der Waals surface area (Å²) in [6.45, 7) is -0.354. The molecule has 0 saturated heterocycles. The third kappa shape index (κ3) is 3.46. The normalized spacial score (nSPS) is 12.7. The fourth-order valence-corrected chi connectivity index (χ4v) is 4.19. The van der Waals surface area contributed by atoms with Crippen LogP contribution in [0.25, 0.3) is 21.9 Å². The van der Waals surface area contributed by atoms with Gasteiger partial charge in [-0.1, -0.05) is 12.1 Å². The van der Waals surface area contributed by atoms with Crippen molar-refractivity contribution in [1.29, 1.82) is 5.26 Å². The molecule has 2 heterocycles. The first-order valence-corrected chi connectivity index (χ1v) is 10.2. The smallest absolute Gasteiger partial charge is 0.310 e. The fraction of sp³-hybridized carbons (Fsp3) is 0.250. The van der Waals surface area contributed by atoms with Crippen molar-refractivity contribution in [3.8, 4) is 6.07 Å². The number of nitrogens with zero attached hydrogens (tertiary/aromatic N) is 3. The number of aromatic nitrogens is 2. The molecule has 7 heteroatoms. The summed E-state index contributed by atoms with van der Waals surface area (Å²) >= 11 is 0. The second kappa shape index (κ2) is 7.73. The maximum atomic E-state index is 12.7. The number of esters is 1. The second-order valence-electron chi connectivity index (χ2n) is 7.66. The van der Waals surface area contributed by atoms with E-state index in [0.29, 0.717) is 10.9 Å². The van der Waals surface area contributed by atoms with Gasteiger partial charge < -0.3 is 9.15 Å². The number of rotatable bonds is 5. The Balaban J connectivity index is 1.37. The number of carbonyl (C=O) groups excluding carboxylic acids is 1. The number of benzene rings is 2. The number of para-hydroxylation sites is 1. The minimum atomic E-state index is -0.450. The van der Waals surface area contributed by atoms with Crippen LogP contribution in [-0.4, -0.2) is 15.5 Å². The van der Waals surface area contributed by atoms with Crippen LogP contribution in [0.2, 0.25) is 0 Å². The van der Waals surface area contributed by atoms with Crippen LogP contribution >= 0.6 is 0 Å². The highest BCUT2D eigenvalue weighted by Gasteiger charge is 2.18. The minimum absolute atomic E-state index is 0.0574. The Labute approximate surface area is 177 Å². The van der Waals surface area contributed by atoms with E-state index in [1.807, 2.05) is 6.07 Å². The van der Waals surface area contributed by atoms with E-state index in [9.17, 15) is 9.59 Å². The van der Waals surface area contributed by atoms with Crippen LogP contribution in [0, 0.1) is 11.3 Å². The molecule has 7 nitrogen and oxygen atoms in total. The second-order valence-corrected chi connectivity index (χ2v) is 7.66. The molecule has 5 rings (SSSR count). The van der Waals surface area contributed by atoms with Crippen LogP contribution in [0.3, 0.4) is 0 Å². The number of carbonyl (C=O) groups is 1. The maximum Gasteiger partial charge on any atom is 0.310 e. The molecule has 0 spiro atoms. The molecule has 31 heavy (non-hydrogen) atoms. The van der Waals surface area contributed by atoms with Crippen LogP contribution < -0.4 is 5.56 Å². The van der Waals surface area contributed by atoms with E-state index in [2.05, 4.69) is 17.1 Å². The zero-order valence-electron chi connectivity index (χ0n) is 16.8. The zero-order chi connectivity index (χ0) is 21.4. The Hall–Kier alpha value is -3.92. The largest absolute Gasteiger partial charge is 0.464 e. The number of ether oxygens (including phenoxy) is 1. The molecule has 4 aromatic rings. The molecule has 0 bridgehead atoms. The molecule has 1 aliphatic carbocycles. The van der Waals surface area contributed by atoms with Gasteiger partial charge in [0.15, 0.2) is 5.82 Å². The number of hydrogen-bond donors (Lipinski definition) is 0. The summed E-state index contributed by atoms with van der Waals surface area (Å²) in [7, 11) is 0. The fourth-order valence-electron chi connectivity index (χ4n) is 4.19. The summed E-state index contributed by atoms with van der Waals surface area (Å²) in [4.78, 5) is 29.7. The van der Waals surface area contributed by atoms with Crippen molar-refractivity contribution in [3.63, 3.8) is 0 Å². The molecule has 0 saturated carbocycles. The molecule has 0 atom stereocenters. The topological polar surface area (TPSA) is 98.1 Å². The Kier molecular flexibility index (Phi) is 4.75. The quantitative estimate of drug-likeness (QED) is 0.465. The molecule has 0 fully saturated rings. The van der Waals surface area contributed by atoms with Crippen molar-refractivity contribution in [2.45, 2.75) is 38.8 Å². The highest BCUT2D eigenvalue weighted by molar-refractivity contribution is 5.87. The minimum Gasteiger partial charge on any atom is -0.464 e. The van der Waals surface area contributed by atoms with Gasteiger partial charge in [0, 0.05) is 10.9 Å². The predicted octanol–water partition coefficient (Wildman–Crippen LogP) is 3.44. The van der Waals surface area contributed by atoms with E-state index >= 15 is 0 Å². The SMILES string of the molecule is N#CCn1c(COC(=O)Cc2coc3cc4c(cc23)CCC4)nc2ccccc2c1=O. The molecular formula is C24H19N3O4. The molecule has 1 aliphatic rings.